The number of hydrogen-bond donors (Lipinski definition) is 4. The highest BCUT2D eigenvalue weighted by Crippen LogP contribution is 2.15. The average Bonchev–Trinajstić information content (AvgIpc) is 2.99. The summed E-state index contributed by atoms with van der Waals surface area (Å²) in [5.74, 6) is -0.160. The van der Waals surface area contributed by atoms with Gasteiger partial charge in [-0.2, -0.15) is 0 Å². The minimum Gasteiger partial charge on any atom is -0.394 e. The summed E-state index contributed by atoms with van der Waals surface area (Å²) < 4.78 is 0. The van der Waals surface area contributed by atoms with Crippen LogP contribution >= 0.6 is 0 Å². The van der Waals surface area contributed by atoms with Crippen LogP contribution < -0.4 is 5.32 Å². The second-order valence-electron chi connectivity index (χ2n) is 12.4. The molecule has 248 valence electrons. The van der Waals surface area contributed by atoms with Crippen molar-refractivity contribution >= 4 is 5.91 Å². The maximum absolute atomic E-state index is 12.3. The Labute approximate surface area is 261 Å². The van der Waals surface area contributed by atoms with Crippen molar-refractivity contribution in [1.82, 2.24) is 5.32 Å². The predicted molar refractivity (Wildman–Crippen MR) is 181 cm³/mol. The third kappa shape index (κ3) is 27.7. The van der Waals surface area contributed by atoms with E-state index in [0.29, 0.717) is 12.8 Å². The van der Waals surface area contributed by atoms with Crippen LogP contribution in [0.4, 0.5) is 0 Å². The summed E-state index contributed by atoms with van der Waals surface area (Å²) in [6.07, 6.45) is 37.3. The molecule has 5 nitrogen and oxygen atoms in total. The van der Waals surface area contributed by atoms with Gasteiger partial charge in [-0.25, -0.2) is 0 Å². The summed E-state index contributed by atoms with van der Waals surface area (Å²) in [6.45, 7) is 3.92. The molecule has 0 saturated heterocycles. The van der Waals surface area contributed by atoms with Crippen molar-refractivity contribution in [3.63, 3.8) is 0 Å². The molecule has 0 radical (unpaired) electrons. The van der Waals surface area contributed by atoms with E-state index >= 15 is 0 Å². The molecular formula is C37H71NO4. The van der Waals surface area contributed by atoms with E-state index in [1.807, 2.05) is 13.0 Å². The lowest BCUT2D eigenvalue weighted by molar-refractivity contribution is -0.124. The highest BCUT2D eigenvalue weighted by molar-refractivity contribution is 5.76. The summed E-state index contributed by atoms with van der Waals surface area (Å²) in [6, 6.07) is -0.825. The highest BCUT2D eigenvalue weighted by atomic mass is 16.3. The van der Waals surface area contributed by atoms with Crippen LogP contribution in [0, 0.1) is 0 Å². The fourth-order valence-corrected chi connectivity index (χ4v) is 5.54. The van der Waals surface area contributed by atoms with Gasteiger partial charge in [0.05, 0.1) is 18.8 Å². The molecule has 4 N–H and O–H groups in total. The number of nitrogens with one attached hydrogen (secondary N) is 1. The molecule has 3 atom stereocenters. The van der Waals surface area contributed by atoms with Gasteiger partial charge in [0, 0.05) is 6.42 Å². The number of aliphatic hydroxyl groups is 3. The van der Waals surface area contributed by atoms with Gasteiger partial charge >= 0.3 is 0 Å². The summed E-state index contributed by atoms with van der Waals surface area (Å²) >= 11 is 0. The maximum atomic E-state index is 12.3. The van der Waals surface area contributed by atoms with Crippen molar-refractivity contribution in [1.29, 1.82) is 0 Å². The first-order chi connectivity index (χ1) is 20.6. The molecule has 0 fully saturated rings. The first-order valence-electron chi connectivity index (χ1n) is 18.1. The first-order valence-corrected chi connectivity index (χ1v) is 18.1. The number of hydrogen-bond acceptors (Lipinski definition) is 4. The summed E-state index contributed by atoms with van der Waals surface area (Å²) in [5, 5.41) is 33.1. The molecule has 0 aromatic carbocycles. The van der Waals surface area contributed by atoms with Crippen LogP contribution in [0.1, 0.15) is 181 Å². The Balaban J connectivity index is 3.60. The Kier molecular flexibility index (Phi) is 31.8. The third-order valence-electron chi connectivity index (χ3n) is 8.38. The Hall–Kier alpha value is -1.17. The fraction of sp³-hybridized carbons (Fsp3) is 0.865. The lowest BCUT2D eigenvalue weighted by Crippen LogP contribution is -2.50. The molecule has 1 amide bonds. The molecule has 0 aliphatic heterocycles. The van der Waals surface area contributed by atoms with Crippen LogP contribution in [0.5, 0.6) is 0 Å². The molecule has 0 aromatic heterocycles. The molecule has 0 spiro atoms. The zero-order valence-corrected chi connectivity index (χ0v) is 27.9. The average molecular weight is 594 g/mol. The Morgan fingerprint density at radius 2 is 1.05 bits per heavy atom. The summed E-state index contributed by atoms with van der Waals surface area (Å²) in [5.41, 5.74) is 0. The topological polar surface area (TPSA) is 89.8 Å². The molecule has 0 rings (SSSR count). The van der Waals surface area contributed by atoms with Crippen molar-refractivity contribution < 1.29 is 20.1 Å². The largest absolute Gasteiger partial charge is 0.394 e. The molecule has 0 aliphatic carbocycles. The quantitative estimate of drug-likeness (QED) is 0.0462. The molecule has 5 heteroatoms. The van der Waals surface area contributed by atoms with Crippen molar-refractivity contribution in [2.45, 2.75) is 199 Å². The van der Waals surface area contributed by atoms with Crippen molar-refractivity contribution in [3.8, 4) is 0 Å². The Morgan fingerprint density at radius 3 is 1.50 bits per heavy atom. The van der Waals surface area contributed by atoms with Crippen LogP contribution in [0.15, 0.2) is 24.3 Å². The van der Waals surface area contributed by atoms with E-state index in [1.54, 1.807) is 0 Å². The predicted octanol–water partition coefficient (Wildman–Crippen LogP) is 9.48. The summed E-state index contributed by atoms with van der Waals surface area (Å²) in [7, 11) is 0. The number of amides is 1. The van der Waals surface area contributed by atoms with Crippen LogP contribution in [0.25, 0.3) is 0 Å². The number of unbranched alkanes of at least 4 members (excludes halogenated alkanes) is 21. The van der Waals surface area contributed by atoms with Gasteiger partial charge in [-0.1, -0.05) is 153 Å². The molecule has 0 aliphatic rings. The van der Waals surface area contributed by atoms with E-state index in [1.165, 1.54) is 109 Å². The highest BCUT2D eigenvalue weighted by Gasteiger charge is 2.26. The normalized spacial score (nSPS) is 14.1. The van der Waals surface area contributed by atoms with Gasteiger partial charge in [0.25, 0.3) is 0 Å². The van der Waals surface area contributed by atoms with E-state index in [0.717, 1.165) is 44.9 Å². The molecule has 3 unspecified atom stereocenters. The van der Waals surface area contributed by atoms with Crippen LogP contribution in [-0.2, 0) is 4.79 Å². The lowest BCUT2D eigenvalue weighted by Gasteiger charge is -2.26. The van der Waals surface area contributed by atoms with Crippen molar-refractivity contribution in [2.75, 3.05) is 6.61 Å². The zero-order chi connectivity index (χ0) is 30.9. The summed E-state index contributed by atoms with van der Waals surface area (Å²) in [4.78, 5) is 12.3. The molecule has 0 bridgehead atoms. The molecule has 0 heterocycles. The van der Waals surface area contributed by atoms with Gasteiger partial charge < -0.3 is 20.6 Å². The second kappa shape index (κ2) is 32.7. The maximum Gasteiger partial charge on any atom is 0.220 e. The van der Waals surface area contributed by atoms with E-state index < -0.39 is 18.2 Å². The lowest BCUT2D eigenvalue weighted by atomic mass is 10.0. The molecule has 0 aromatic rings. The SMILES string of the molecule is C/C=C/CC/C=C/CCCC(O)C(O)C(CO)NC(=O)CCCCCCCCCCCCCCCCCCCCCC. The van der Waals surface area contributed by atoms with Crippen molar-refractivity contribution in [2.24, 2.45) is 0 Å². The van der Waals surface area contributed by atoms with Crippen LogP contribution in [-0.4, -0.2) is 46.1 Å². The number of carbonyl (C=O) groups excluding carboxylic acids is 1. The van der Waals surface area contributed by atoms with E-state index in [2.05, 4.69) is 30.5 Å². The number of allylic oxidation sites excluding steroid dienone is 4. The van der Waals surface area contributed by atoms with Gasteiger partial charge in [0.2, 0.25) is 5.91 Å². The van der Waals surface area contributed by atoms with Gasteiger partial charge in [-0.3, -0.25) is 4.79 Å². The molecule has 42 heavy (non-hydrogen) atoms. The minimum absolute atomic E-state index is 0.160. The van der Waals surface area contributed by atoms with Gasteiger partial charge in [0.15, 0.2) is 0 Å². The fourth-order valence-electron chi connectivity index (χ4n) is 5.54. The zero-order valence-electron chi connectivity index (χ0n) is 27.9. The first kappa shape index (κ1) is 40.8. The standard InChI is InChI=1S/C37H71NO4/c1-3-5-7-9-11-13-14-15-16-17-18-19-20-21-22-23-24-26-28-30-32-36(41)38-34(33-39)37(42)35(40)31-29-27-25-12-10-8-6-4-2/h4,6,12,25,34-35,37,39-40,42H,3,5,7-11,13-24,26-33H2,1-2H3,(H,38,41)/b6-4+,25-12+. The van der Waals surface area contributed by atoms with Gasteiger partial charge in [0.1, 0.15) is 6.10 Å². The van der Waals surface area contributed by atoms with Gasteiger partial charge in [-0.05, 0) is 45.4 Å². The minimum atomic E-state index is -1.16. The smallest absolute Gasteiger partial charge is 0.220 e. The van der Waals surface area contributed by atoms with E-state index in [-0.39, 0.29) is 12.5 Å². The third-order valence-corrected chi connectivity index (χ3v) is 8.38. The Bertz CT molecular complexity index is 621. The van der Waals surface area contributed by atoms with E-state index in [4.69, 9.17) is 0 Å². The number of rotatable bonds is 32. The van der Waals surface area contributed by atoms with Gasteiger partial charge in [-0.15, -0.1) is 0 Å². The molecular weight excluding hydrogens is 522 g/mol. The number of aliphatic hydroxyl groups excluding tert-OH is 3. The number of carbonyl (C=O) groups is 1. The van der Waals surface area contributed by atoms with E-state index in [9.17, 15) is 20.1 Å². The van der Waals surface area contributed by atoms with Crippen LogP contribution in [0.2, 0.25) is 0 Å². The second-order valence-corrected chi connectivity index (χ2v) is 12.4. The van der Waals surface area contributed by atoms with Crippen molar-refractivity contribution in [3.05, 3.63) is 24.3 Å². The molecule has 0 saturated carbocycles. The van der Waals surface area contributed by atoms with Crippen LogP contribution in [0.3, 0.4) is 0 Å². The Morgan fingerprint density at radius 1 is 0.619 bits per heavy atom. The monoisotopic (exact) mass is 594 g/mol.